The lowest BCUT2D eigenvalue weighted by Gasteiger charge is -2.22. The van der Waals surface area contributed by atoms with Gasteiger partial charge in [0.05, 0.1) is 12.8 Å². The summed E-state index contributed by atoms with van der Waals surface area (Å²) >= 11 is 0. The second kappa shape index (κ2) is 6.61. The molecule has 0 unspecified atom stereocenters. The number of aromatic nitrogens is 2. The van der Waals surface area contributed by atoms with Crippen LogP contribution in [0.25, 0.3) is 0 Å². The Balaban J connectivity index is 2.35. The maximum atomic E-state index is 5.42. The molecule has 114 valence electrons. The van der Waals surface area contributed by atoms with Crippen molar-refractivity contribution >= 4 is 11.6 Å². The smallest absolute Gasteiger partial charge is 0.137 e. The summed E-state index contributed by atoms with van der Waals surface area (Å²) in [6.45, 7) is 9.87. The zero-order chi connectivity index (χ0) is 15.4. The second-order valence-electron chi connectivity index (χ2n) is 5.50. The monoisotopic (exact) mass is 288 g/mol. The normalized spacial score (nSPS) is 11.0. The highest BCUT2D eigenvalue weighted by atomic mass is 16.3. The van der Waals surface area contributed by atoms with Crippen LogP contribution in [0.4, 0.5) is 11.6 Å². The van der Waals surface area contributed by atoms with Gasteiger partial charge in [0.25, 0.3) is 0 Å². The maximum Gasteiger partial charge on any atom is 0.137 e. The summed E-state index contributed by atoms with van der Waals surface area (Å²) in [6.07, 6.45) is 1.69. The molecule has 2 heterocycles. The van der Waals surface area contributed by atoms with Crippen molar-refractivity contribution in [2.45, 2.75) is 40.2 Å². The van der Waals surface area contributed by atoms with E-state index in [0.29, 0.717) is 12.5 Å². The number of hydrogen-bond acceptors (Lipinski definition) is 5. The van der Waals surface area contributed by atoms with Gasteiger partial charge in [-0.25, -0.2) is 9.97 Å². The molecule has 0 atom stereocenters. The molecule has 2 aromatic heterocycles. The highest BCUT2D eigenvalue weighted by Gasteiger charge is 2.16. The van der Waals surface area contributed by atoms with Crippen molar-refractivity contribution in [3.8, 4) is 0 Å². The zero-order valence-corrected chi connectivity index (χ0v) is 13.5. The average Bonchev–Trinajstić information content (AvgIpc) is 2.93. The van der Waals surface area contributed by atoms with Gasteiger partial charge in [0, 0.05) is 25.1 Å². The van der Waals surface area contributed by atoms with Gasteiger partial charge in [0.2, 0.25) is 0 Å². The largest absolute Gasteiger partial charge is 0.467 e. The summed E-state index contributed by atoms with van der Waals surface area (Å²) in [5.74, 6) is 3.93. The first-order valence-corrected chi connectivity index (χ1v) is 7.38. The SMILES string of the molecule is CCNc1nc(C(C)C)nc(N(C)Cc2ccco2)c1C. The molecule has 0 aliphatic heterocycles. The van der Waals surface area contributed by atoms with Crippen LogP contribution in [-0.4, -0.2) is 23.6 Å². The molecule has 5 nitrogen and oxygen atoms in total. The molecule has 0 aliphatic rings. The molecule has 0 spiro atoms. The highest BCUT2D eigenvalue weighted by molar-refractivity contribution is 5.58. The number of furan rings is 1. The molecule has 0 amide bonds. The van der Waals surface area contributed by atoms with Gasteiger partial charge in [-0.05, 0) is 26.0 Å². The van der Waals surface area contributed by atoms with Crippen LogP contribution in [0.15, 0.2) is 22.8 Å². The van der Waals surface area contributed by atoms with Crippen LogP contribution in [0.1, 0.15) is 43.8 Å². The third-order valence-corrected chi connectivity index (χ3v) is 3.33. The van der Waals surface area contributed by atoms with Crippen molar-refractivity contribution in [3.05, 3.63) is 35.5 Å². The first kappa shape index (κ1) is 15.4. The van der Waals surface area contributed by atoms with Gasteiger partial charge in [-0.15, -0.1) is 0 Å². The van der Waals surface area contributed by atoms with E-state index in [1.165, 1.54) is 0 Å². The lowest BCUT2D eigenvalue weighted by atomic mass is 10.2. The molecule has 0 radical (unpaired) electrons. The van der Waals surface area contributed by atoms with Gasteiger partial charge in [-0.2, -0.15) is 0 Å². The van der Waals surface area contributed by atoms with E-state index in [4.69, 9.17) is 9.40 Å². The van der Waals surface area contributed by atoms with Crippen molar-refractivity contribution in [1.29, 1.82) is 0 Å². The third-order valence-electron chi connectivity index (χ3n) is 3.33. The Bertz CT molecular complexity index is 578. The van der Waals surface area contributed by atoms with Crippen molar-refractivity contribution in [1.82, 2.24) is 9.97 Å². The molecule has 2 aromatic rings. The Labute approximate surface area is 126 Å². The molecule has 0 bridgehead atoms. The average molecular weight is 288 g/mol. The van der Waals surface area contributed by atoms with E-state index in [1.54, 1.807) is 6.26 Å². The maximum absolute atomic E-state index is 5.42. The van der Waals surface area contributed by atoms with Crippen LogP contribution in [-0.2, 0) is 6.54 Å². The highest BCUT2D eigenvalue weighted by Crippen LogP contribution is 2.26. The fraction of sp³-hybridized carbons (Fsp3) is 0.500. The van der Waals surface area contributed by atoms with Crippen LogP contribution in [0, 0.1) is 6.92 Å². The Morgan fingerprint density at radius 3 is 2.67 bits per heavy atom. The standard InChI is InChI=1S/C16H24N4O/c1-6-17-15-12(4)16(19-14(18-15)11(2)3)20(5)10-13-8-7-9-21-13/h7-9,11H,6,10H2,1-5H3,(H,17,18,19). The fourth-order valence-electron chi connectivity index (χ4n) is 2.20. The minimum atomic E-state index is 0.291. The van der Waals surface area contributed by atoms with Gasteiger partial charge in [0.1, 0.15) is 23.2 Å². The lowest BCUT2D eigenvalue weighted by molar-refractivity contribution is 0.506. The predicted octanol–water partition coefficient (Wildman–Crippen LogP) is 3.57. The predicted molar refractivity (Wildman–Crippen MR) is 85.8 cm³/mol. The van der Waals surface area contributed by atoms with Gasteiger partial charge in [0.15, 0.2) is 0 Å². The molecule has 0 saturated heterocycles. The summed E-state index contributed by atoms with van der Waals surface area (Å²) < 4.78 is 5.42. The Morgan fingerprint density at radius 2 is 2.10 bits per heavy atom. The summed E-state index contributed by atoms with van der Waals surface area (Å²) in [7, 11) is 2.03. The van der Waals surface area contributed by atoms with Gasteiger partial charge >= 0.3 is 0 Å². The van der Waals surface area contributed by atoms with Gasteiger partial charge in [-0.3, -0.25) is 0 Å². The number of nitrogens with one attached hydrogen (secondary N) is 1. The Kier molecular flexibility index (Phi) is 4.83. The number of hydrogen-bond donors (Lipinski definition) is 1. The zero-order valence-electron chi connectivity index (χ0n) is 13.5. The molecule has 0 fully saturated rings. The molecule has 5 heteroatoms. The fourth-order valence-corrected chi connectivity index (χ4v) is 2.20. The van der Waals surface area contributed by atoms with Crippen molar-refractivity contribution in [2.24, 2.45) is 0 Å². The minimum absolute atomic E-state index is 0.291. The topological polar surface area (TPSA) is 54.2 Å². The van der Waals surface area contributed by atoms with Gasteiger partial charge < -0.3 is 14.6 Å². The van der Waals surface area contributed by atoms with E-state index in [2.05, 4.69) is 42.9 Å². The molecule has 0 aliphatic carbocycles. The first-order chi connectivity index (χ1) is 10.0. The second-order valence-corrected chi connectivity index (χ2v) is 5.50. The summed E-state index contributed by atoms with van der Waals surface area (Å²) in [5, 5.41) is 3.32. The van der Waals surface area contributed by atoms with Crippen LogP contribution in [0.3, 0.4) is 0 Å². The van der Waals surface area contributed by atoms with Crippen molar-refractivity contribution in [2.75, 3.05) is 23.8 Å². The van der Waals surface area contributed by atoms with E-state index in [1.807, 2.05) is 19.2 Å². The Hall–Kier alpha value is -2.04. The summed E-state index contributed by atoms with van der Waals surface area (Å²) in [6, 6.07) is 3.88. The van der Waals surface area contributed by atoms with Crippen LogP contribution in [0.5, 0.6) is 0 Å². The summed E-state index contributed by atoms with van der Waals surface area (Å²) in [5.41, 5.74) is 1.07. The first-order valence-electron chi connectivity index (χ1n) is 7.38. The summed E-state index contributed by atoms with van der Waals surface area (Å²) in [4.78, 5) is 11.5. The number of anilines is 2. The van der Waals surface area contributed by atoms with E-state index in [9.17, 15) is 0 Å². The number of rotatable bonds is 6. The van der Waals surface area contributed by atoms with Crippen LogP contribution >= 0.6 is 0 Å². The quantitative estimate of drug-likeness (QED) is 0.880. The molecule has 0 aromatic carbocycles. The molecular formula is C16H24N4O. The van der Waals surface area contributed by atoms with Crippen molar-refractivity contribution in [3.63, 3.8) is 0 Å². The van der Waals surface area contributed by atoms with Crippen molar-refractivity contribution < 1.29 is 4.42 Å². The lowest BCUT2D eigenvalue weighted by Crippen LogP contribution is -2.21. The minimum Gasteiger partial charge on any atom is -0.467 e. The van der Waals surface area contributed by atoms with E-state index >= 15 is 0 Å². The van der Waals surface area contributed by atoms with E-state index < -0.39 is 0 Å². The molecule has 21 heavy (non-hydrogen) atoms. The Morgan fingerprint density at radius 1 is 1.33 bits per heavy atom. The molecule has 2 rings (SSSR count). The molecular weight excluding hydrogens is 264 g/mol. The van der Waals surface area contributed by atoms with Crippen LogP contribution in [0.2, 0.25) is 0 Å². The molecule has 1 N–H and O–H groups in total. The number of nitrogens with zero attached hydrogens (tertiary/aromatic N) is 3. The van der Waals surface area contributed by atoms with Gasteiger partial charge in [-0.1, -0.05) is 13.8 Å². The van der Waals surface area contributed by atoms with E-state index in [0.717, 1.165) is 35.3 Å². The van der Waals surface area contributed by atoms with Crippen LogP contribution < -0.4 is 10.2 Å². The van der Waals surface area contributed by atoms with E-state index in [-0.39, 0.29) is 0 Å². The molecule has 0 saturated carbocycles. The third kappa shape index (κ3) is 3.54.